The van der Waals surface area contributed by atoms with Gasteiger partial charge in [0.25, 0.3) is 0 Å². The van der Waals surface area contributed by atoms with Crippen LogP contribution in [0.2, 0.25) is 0 Å². The van der Waals surface area contributed by atoms with Gasteiger partial charge in [-0.05, 0) is 28.9 Å². The van der Waals surface area contributed by atoms with Crippen LogP contribution in [0.4, 0.5) is 0 Å². The van der Waals surface area contributed by atoms with Crippen molar-refractivity contribution in [2.24, 2.45) is 5.73 Å². The van der Waals surface area contributed by atoms with Gasteiger partial charge in [-0.1, -0.05) is 58.9 Å². The van der Waals surface area contributed by atoms with Gasteiger partial charge < -0.3 is 5.73 Å². The highest BCUT2D eigenvalue weighted by Gasteiger charge is 2.16. The molecule has 0 saturated carbocycles. The molecule has 0 saturated heterocycles. The Labute approximate surface area is 100 Å². The number of hydrogen-bond donors (Lipinski definition) is 1. The van der Waals surface area contributed by atoms with Gasteiger partial charge in [-0.25, -0.2) is 0 Å². The summed E-state index contributed by atoms with van der Waals surface area (Å²) in [6.07, 6.45) is 1.03. The molecular weight excluding hydrogens is 194 g/mol. The van der Waals surface area contributed by atoms with Crippen LogP contribution in [0.5, 0.6) is 0 Å². The summed E-state index contributed by atoms with van der Waals surface area (Å²) in [4.78, 5) is 0. The van der Waals surface area contributed by atoms with E-state index in [2.05, 4.69) is 58.9 Å². The summed E-state index contributed by atoms with van der Waals surface area (Å²) in [6, 6.07) is 9.17. The molecule has 1 rings (SSSR count). The van der Waals surface area contributed by atoms with Crippen molar-refractivity contribution in [1.29, 1.82) is 0 Å². The zero-order chi connectivity index (χ0) is 12.3. The van der Waals surface area contributed by atoms with E-state index in [9.17, 15) is 0 Å². The van der Waals surface area contributed by atoms with Gasteiger partial charge in [0.15, 0.2) is 0 Å². The molecule has 1 nitrogen and oxygen atoms in total. The first kappa shape index (κ1) is 13.2. The minimum Gasteiger partial charge on any atom is -0.327 e. The SMILES string of the molecule is CCC(N)C(C)c1ccc(C(C)(C)C)cc1. The molecule has 0 radical (unpaired) electrons. The Bertz CT molecular complexity index is 318. The maximum Gasteiger partial charge on any atom is 0.0103 e. The summed E-state index contributed by atoms with van der Waals surface area (Å²) in [7, 11) is 0. The van der Waals surface area contributed by atoms with Crippen molar-refractivity contribution in [3.8, 4) is 0 Å². The van der Waals surface area contributed by atoms with Crippen LogP contribution in [0.25, 0.3) is 0 Å². The highest BCUT2D eigenvalue weighted by atomic mass is 14.6. The molecule has 0 spiro atoms. The number of rotatable bonds is 3. The van der Waals surface area contributed by atoms with E-state index in [4.69, 9.17) is 5.73 Å². The number of nitrogens with two attached hydrogens (primary N) is 1. The van der Waals surface area contributed by atoms with Crippen molar-refractivity contribution in [3.63, 3.8) is 0 Å². The van der Waals surface area contributed by atoms with Crippen molar-refractivity contribution in [3.05, 3.63) is 35.4 Å². The van der Waals surface area contributed by atoms with Gasteiger partial charge in [0.1, 0.15) is 0 Å². The minimum absolute atomic E-state index is 0.231. The van der Waals surface area contributed by atoms with Crippen LogP contribution in [-0.2, 0) is 5.41 Å². The summed E-state index contributed by atoms with van der Waals surface area (Å²) in [6.45, 7) is 11.1. The molecular formula is C15H25N. The maximum atomic E-state index is 6.07. The second-order valence-corrected chi connectivity index (χ2v) is 5.73. The average molecular weight is 219 g/mol. The lowest BCUT2D eigenvalue weighted by atomic mass is 9.84. The molecule has 2 atom stereocenters. The van der Waals surface area contributed by atoms with E-state index < -0.39 is 0 Å². The molecule has 16 heavy (non-hydrogen) atoms. The van der Waals surface area contributed by atoms with Crippen molar-refractivity contribution in [2.45, 2.75) is 58.4 Å². The number of hydrogen-bond acceptors (Lipinski definition) is 1. The van der Waals surface area contributed by atoms with E-state index in [1.165, 1.54) is 11.1 Å². The standard InChI is InChI=1S/C15H25N/c1-6-14(16)11(2)12-7-9-13(10-8-12)15(3,4)5/h7-11,14H,6,16H2,1-5H3. The Balaban J connectivity index is 2.87. The quantitative estimate of drug-likeness (QED) is 0.821. The van der Waals surface area contributed by atoms with Gasteiger partial charge in [-0.15, -0.1) is 0 Å². The van der Waals surface area contributed by atoms with Crippen molar-refractivity contribution in [2.75, 3.05) is 0 Å². The summed E-state index contributed by atoms with van der Waals surface area (Å²) < 4.78 is 0. The summed E-state index contributed by atoms with van der Waals surface area (Å²) in [5.74, 6) is 0.444. The predicted octanol–water partition coefficient (Wildman–Crippen LogP) is 3.82. The van der Waals surface area contributed by atoms with Crippen LogP contribution < -0.4 is 5.73 Å². The van der Waals surface area contributed by atoms with E-state index in [-0.39, 0.29) is 11.5 Å². The second-order valence-electron chi connectivity index (χ2n) is 5.73. The molecule has 0 amide bonds. The van der Waals surface area contributed by atoms with Crippen LogP contribution >= 0.6 is 0 Å². The largest absolute Gasteiger partial charge is 0.327 e. The van der Waals surface area contributed by atoms with Crippen LogP contribution in [0.15, 0.2) is 24.3 Å². The maximum absolute atomic E-state index is 6.07. The fourth-order valence-electron chi connectivity index (χ4n) is 1.89. The first-order valence-corrected chi connectivity index (χ1v) is 6.22. The molecule has 1 heteroatoms. The fourth-order valence-corrected chi connectivity index (χ4v) is 1.89. The lowest BCUT2D eigenvalue weighted by Crippen LogP contribution is -2.25. The van der Waals surface area contributed by atoms with Crippen LogP contribution in [0.1, 0.15) is 58.1 Å². The zero-order valence-corrected chi connectivity index (χ0v) is 11.2. The molecule has 0 heterocycles. The van der Waals surface area contributed by atoms with E-state index in [0.29, 0.717) is 5.92 Å². The normalized spacial score (nSPS) is 15.9. The molecule has 2 unspecified atom stereocenters. The van der Waals surface area contributed by atoms with Crippen LogP contribution in [-0.4, -0.2) is 6.04 Å². The molecule has 0 fully saturated rings. The van der Waals surface area contributed by atoms with Gasteiger partial charge in [0.05, 0.1) is 0 Å². The van der Waals surface area contributed by atoms with Gasteiger partial charge in [0.2, 0.25) is 0 Å². The highest BCUT2D eigenvalue weighted by molar-refractivity contribution is 5.29. The third kappa shape index (κ3) is 3.08. The molecule has 90 valence electrons. The van der Waals surface area contributed by atoms with Gasteiger partial charge in [0, 0.05) is 6.04 Å². The van der Waals surface area contributed by atoms with Crippen molar-refractivity contribution in [1.82, 2.24) is 0 Å². The molecule has 0 aliphatic rings. The van der Waals surface area contributed by atoms with Crippen LogP contribution in [0, 0.1) is 0 Å². The second kappa shape index (κ2) is 5.01. The smallest absolute Gasteiger partial charge is 0.0103 e. The molecule has 2 N–H and O–H groups in total. The van der Waals surface area contributed by atoms with Crippen molar-refractivity contribution >= 4 is 0 Å². The van der Waals surface area contributed by atoms with E-state index >= 15 is 0 Å². The Morgan fingerprint density at radius 2 is 1.62 bits per heavy atom. The number of benzene rings is 1. The molecule has 1 aromatic rings. The molecule has 0 bridgehead atoms. The van der Waals surface area contributed by atoms with Gasteiger partial charge in [-0.2, -0.15) is 0 Å². The van der Waals surface area contributed by atoms with Gasteiger partial charge >= 0.3 is 0 Å². The van der Waals surface area contributed by atoms with E-state index in [1.807, 2.05) is 0 Å². The molecule has 0 aliphatic heterocycles. The monoisotopic (exact) mass is 219 g/mol. The average Bonchev–Trinajstić information content (AvgIpc) is 2.26. The van der Waals surface area contributed by atoms with Crippen molar-refractivity contribution < 1.29 is 0 Å². The third-order valence-electron chi connectivity index (χ3n) is 3.42. The Hall–Kier alpha value is -0.820. The van der Waals surface area contributed by atoms with Crippen LogP contribution in [0.3, 0.4) is 0 Å². The molecule has 0 aromatic heterocycles. The predicted molar refractivity (Wildman–Crippen MR) is 71.8 cm³/mol. The third-order valence-corrected chi connectivity index (χ3v) is 3.42. The topological polar surface area (TPSA) is 26.0 Å². The Morgan fingerprint density at radius 1 is 1.12 bits per heavy atom. The fraction of sp³-hybridized carbons (Fsp3) is 0.600. The van der Waals surface area contributed by atoms with E-state index in [1.54, 1.807) is 0 Å². The Kier molecular flexibility index (Phi) is 4.15. The molecule has 0 aliphatic carbocycles. The minimum atomic E-state index is 0.231. The van der Waals surface area contributed by atoms with E-state index in [0.717, 1.165) is 6.42 Å². The lowest BCUT2D eigenvalue weighted by molar-refractivity contribution is 0.549. The lowest BCUT2D eigenvalue weighted by Gasteiger charge is -2.22. The van der Waals surface area contributed by atoms with Gasteiger partial charge in [-0.3, -0.25) is 0 Å². The molecule has 1 aromatic carbocycles. The highest BCUT2D eigenvalue weighted by Crippen LogP contribution is 2.25. The zero-order valence-electron chi connectivity index (χ0n) is 11.2. The Morgan fingerprint density at radius 3 is 2.00 bits per heavy atom. The first-order chi connectivity index (χ1) is 7.36. The summed E-state index contributed by atoms with van der Waals surface area (Å²) in [5, 5.41) is 0. The summed E-state index contributed by atoms with van der Waals surface area (Å²) >= 11 is 0. The first-order valence-electron chi connectivity index (χ1n) is 6.22. The summed E-state index contributed by atoms with van der Waals surface area (Å²) in [5.41, 5.74) is 9.04.